The van der Waals surface area contributed by atoms with E-state index < -0.39 is 7.12 Å². The second-order valence-electron chi connectivity index (χ2n) is 2.83. The summed E-state index contributed by atoms with van der Waals surface area (Å²) in [5.74, 6) is 0. The molecule has 13 heavy (non-hydrogen) atoms. The van der Waals surface area contributed by atoms with Crippen molar-refractivity contribution in [3.63, 3.8) is 0 Å². The van der Waals surface area contributed by atoms with Crippen LogP contribution in [-0.2, 0) is 6.42 Å². The van der Waals surface area contributed by atoms with Crippen molar-refractivity contribution < 1.29 is 10.0 Å². The zero-order valence-corrected chi connectivity index (χ0v) is 7.14. The van der Waals surface area contributed by atoms with Crippen LogP contribution in [0.2, 0.25) is 6.32 Å². The molecule has 0 aromatic heterocycles. The number of aryl methyl sites for hydroxylation is 1. The van der Waals surface area contributed by atoms with Crippen molar-refractivity contribution in [2.45, 2.75) is 12.7 Å². The summed E-state index contributed by atoms with van der Waals surface area (Å²) in [7, 11) is -1.27. The van der Waals surface area contributed by atoms with Gasteiger partial charge in [0.2, 0.25) is 0 Å². The average Bonchev–Trinajstić information content (AvgIpc) is 2.15. The van der Waals surface area contributed by atoms with E-state index in [9.17, 15) is 0 Å². The first kappa shape index (κ1) is 9.78. The summed E-state index contributed by atoms with van der Waals surface area (Å²) < 4.78 is 0. The van der Waals surface area contributed by atoms with Gasteiger partial charge >= 0.3 is 7.12 Å². The molecule has 0 aliphatic heterocycles. The molecule has 0 heterocycles. The smallest absolute Gasteiger partial charge is 0.427 e. The third kappa shape index (κ3) is 3.28. The van der Waals surface area contributed by atoms with Crippen LogP contribution in [0.15, 0.2) is 24.3 Å². The third-order valence-corrected chi connectivity index (χ3v) is 1.75. The first-order valence-corrected chi connectivity index (χ1v) is 4.07. The van der Waals surface area contributed by atoms with Crippen LogP contribution in [0.5, 0.6) is 0 Å². The summed E-state index contributed by atoms with van der Waals surface area (Å²) in [6.45, 7) is 0. The fourth-order valence-electron chi connectivity index (χ4n) is 1.09. The largest absolute Gasteiger partial charge is 0.451 e. The molecule has 0 spiro atoms. The number of nitrogens with zero attached hydrogens (tertiary/aromatic N) is 1. The molecule has 0 aliphatic carbocycles. The van der Waals surface area contributed by atoms with E-state index in [2.05, 4.69) is 0 Å². The van der Waals surface area contributed by atoms with E-state index in [0.29, 0.717) is 18.3 Å². The Kier molecular flexibility index (Phi) is 3.50. The summed E-state index contributed by atoms with van der Waals surface area (Å²) >= 11 is 0. The van der Waals surface area contributed by atoms with Gasteiger partial charge in [0.1, 0.15) is 0 Å². The molecule has 0 saturated heterocycles. The summed E-state index contributed by atoms with van der Waals surface area (Å²) in [5, 5.41) is 25.9. The Labute approximate surface area is 77.4 Å². The van der Waals surface area contributed by atoms with Crippen molar-refractivity contribution >= 4 is 7.12 Å². The molecular formula is C9H10BNO2. The maximum Gasteiger partial charge on any atom is 0.451 e. The standard InChI is InChI=1S/C9H10BNO2/c11-7-9-3-1-2-8(6-9)4-5-10(12)13/h1-3,6,12-13H,4-5H2. The highest BCUT2D eigenvalue weighted by Crippen LogP contribution is 2.07. The van der Waals surface area contributed by atoms with Crippen molar-refractivity contribution in [2.75, 3.05) is 0 Å². The summed E-state index contributed by atoms with van der Waals surface area (Å²) in [6, 6.07) is 9.16. The van der Waals surface area contributed by atoms with Gasteiger partial charge in [-0.2, -0.15) is 5.26 Å². The molecule has 0 radical (unpaired) electrons. The maximum atomic E-state index is 8.63. The normalized spacial score (nSPS) is 9.31. The molecular weight excluding hydrogens is 165 g/mol. The van der Waals surface area contributed by atoms with Gasteiger partial charge in [-0.05, 0) is 30.4 Å². The summed E-state index contributed by atoms with van der Waals surface area (Å²) in [4.78, 5) is 0. The van der Waals surface area contributed by atoms with Gasteiger partial charge in [0, 0.05) is 0 Å². The Balaban J connectivity index is 2.63. The number of nitriles is 1. The monoisotopic (exact) mass is 175 g/mol. The molecule has 0 aliphatic rings. The number of hydrogen-bond acceptors (Lipinski definition) is 3. The quantitative estimate of drug-likeness (QED) is 0.660. The lowest BCUT2D eigenvalue weighted by Crippen LogP contribution is -2.11. The van der Waals surface area contributed by atoms with Crippen molar-refractivity contribution in [2.24, 2.45) is 0 Å². The number of benzene rings is 1. The predicted molar refractivity (Wildman–Crippen MR) is 49.9 cm³/mol. The lowest BCUT2D eigenvalue weighted by Gasteiger charge is -2.00. The Morgan fingerprint density at radius 3 is 2.77 bits per heavy atom. The van der Waals surface area contributed by atoms with Gasteiger partial charge in [-0.3, -0.25) is 0 Å². The Bertz CT molecular complexity index is 320. The Morgan fingerprint density at radius 2 is 2.15 bits per heavy atom. The van der Waals surface area contributed by atoms with Crippen LogP contribution in [0.4, 0.5) is 0 Å². The van der Waals surface area contributed by atoms with Gasteiger partial charge in [0.15, 0.2) is 0 Å². The van der Waals surface area contributed by atoms with E-state index in [1.165, 1.54) is 0 Å². The number of hydrogen-bond donors (Lipinski definition) is 2. The minimum absolute atomic E-state index is 0.300. The van der Waals surface area contributed by atoms with Crippen LogP contribution in [0, 0.1) is 11.3 Å². The van der Waals surface area contributed by atoms with Gasteiger partial charge in [-0.1, -0.05) is 12.1 Å². The topological polar surface area (TPSA) is 64.2 Å². The lowest BCUT2D eigenvalue weighted by molar-refractivity contribution is 0.405. The molecule has 0 bridgehead atoms. The zero-order valence-electron chi connectivity index (χ0n) is 7.14. The molecule has 3 nitrogen and oxygen atoms in total. The van der Waals surface area contributed by atoms with Crippen molar-refractivity contribution in [3.05, 3.63) is 35.4 Å². The molecule has 0 amide bonds. The van der Waals surface area contributed by atoms with Crippen molar-refractivity contribution in [1.82, 2.24) is 0 Å². The van der Waals surface area contributed by atoms with Crippen LogP contribution in [0.3, 0.4) is 0 Å². The Hall–Kier alpha value is -1.31. The molecule has 1 rings (SSSR count). The second kappa shape index (κ2) is 4.66. The van der Waals surface area contributed by atoms with E-state index >= 15 is 0 Å². The highest BCUT2D eigenvalue weighted by Gasteiger charge is 2.06. The van der Waals surface area contributed by atoms with Gasteiger partial charge in [-0.25, -0.2) is 0 Å². The second-order valence-corrected chi connectivity index (χ2v) is 2.83. The molecule has 1 aromatic rings. The lowest BCUT2D eigenvalue weighted by atomic mass is 9.82. The van der Waals surface area contributed by atoms with Gasteiger partial charge < -0.3 is 10.0 Å². The van der Waals surface area contributed by atoms with E-state index in [1.807, 2.05) is 12.1 Å². The van der Waals surface area contributed by atoms with E-state index in [1.54, 1.807) is 18.2 Å². The summed E-state index contributed by atoms with van der Waals surface area (Å²) in [5.41, 5.74) is 1.55. The highest BCUT2D eigenvalue weighted by molar-refractivity contribution is 6.40. The predicted octanol–water partition coefficient (Wildman–Crippen LogP) is 0.574. The molecule has 4 heteroatoms. The van der Waals surface area contributed by atoms with Crippen LogP contribution in [0.1, 0.15) is 11.1 Å². The van der Waals surface area contributed by atoms with E-state index in [0.717, 1.165) is 5.56 Å². The van der Waals surface area contributed by atoms with Gasteiger partial charge in [0.25, 0.3) is 0 Å². The van der Waals surface area contributed by atoms with Crippen LogP contribution in [-0.4, -0.2) is 17.2 Å². The van der Waals surface area contributed by atoms with Gasteiger partial charge in [0.05, 0.1) is 11.6 Å². The maximum absolute atomic E-state index is 8.63. The first-order chi connectivity index (χ1) is 6.22. The number of rotatable bonds is 3. The van der Waals surface area contributed by atoms with Crippen LogP contribution < -0.4 is 0 Å². The molecule has 0 atom stereocenters. The summed E-state index contributed by atoms with van der Waals surface area (Å²) in [6.07, 6.45) is 0.877. The minimum Gasteiger partial charge on any atom is -0.427 e. The van der Waals surface area contributed by atoms with E-state index in [4.69, 9.17) is 15.3 Å². The van der Waals surface area contributed by atoms with Crippen molar-refractivity contribution in [1.29, 1.82) is 5.26 Å². The van der Waals surface area contributed by atoms with Gasteiger partial charge in [-0.15, -0.1) is 0 Å². The third-order valence-electron chi connectivity index (χ3n) is 1.75. The fraction of sp³-hybridized carbons (Fsp3) is 0.222. The van der Waals surface area contributed by atoms with Crippen LogP contribution in [0.25, 0.3) is 0 Å². The molecule has 0 unspecified atom stereocenters. The minimum atomic E-state index is -1.27. The van der Waals surface area contributed by atoms with Crippen molar-refractivity contribution in [3.8, 4) is 6.07 Å². The molecule has 66 valence electrons. The molecule has 0 saturated carbocycles. The fourth-order valence-corrected chi connectivity index (χ4v) is 1.09. The molecule has 2 N–H and O–H groups in total. The van der Waals surface area contributed by atoms with Crippen LogP contribution >= 0.6 is 0 Å². The zero-order chi connectivity index (χ0) is 9.68. The average molecular weight is 175 g/mol. The van der Waals surface area contributed by atoms with E-state index in [-0.39, 0.29) is 0 Å². The molecule has 0 fully saturated rings. The Morgan fingerprint density at radius 1 is 1.38 bits per heavy atom. The SMILES string of the molecule is N#Cc1cccc(CCB(O)O)c1. The highest BCUT2D eigenvalue weighted by atomic mass is 16.4. The first-order valence-electron chi connectivity index (χ1n) is 4.07. The molecule has 1 aromatic carbocycles.